The fourth-order valence-electron chi connectivity index (χ4n) is 3.54. The summed E-state index contributed by atoms with van der Waals surface area (Å²) in [5, 5.41) is 4.70. The summed E-state index contributed by atoms with van der Waals surface area (Å²) < 4.78 is 6.70. The number of aromatic nitrogens is 1. The molecule has 0 fully saturated rings. The number of benzene rings is 1. The Morgan fingerprint density at radius 1 is 1.20 bits per heavy atom. The maximum absolute atomic E-state index is 12.7. The van der Waals surface area contributed by atoms with Crippen LogP contribution in [0.25, 0.3) is 20.8 Å². The molecule has 6 nitrogen and oxygen atoms in total. The van der Waals surface area contributed by atoms with E-state index in [0.717, 1.165) is 43.5 Å². The summed E-state index contributed by atoms with van der Waals surface area (Å²) in [4.78, 5) is 32.2. The minimum Gasteiger partial charge on any atom is -0.444 e. The third-order valence-corrected chi connectivity index (χ3v) is 6.92. The molecule has 158 valence electrons. The normalized spacial score (nSPS) is 14.3. The van der Waals surface area contributed by atoms with Crippen molar-refractivity contribution in [3.05, 3.63) is 34.7 Å². The number of nitrogens with zero attached hydrogens (tertiary/aromatic N) is 2. The Morgan fingerprint density at radius 3 is 2.67 bits per heavy atom. The van der Waals surface area contributed by atoms with E-state index in [0.29, 0.717) is 13.1 Å². The van der Waals surface area contributed by atoms with Gasteiger partial charge in [0.2, 0.25) is 5.91 Å². The molecule has 0 unspecified atom stereocenters. The lowest BCUT2D eigenvalue weighted by Crippen LogP contribution is -2.36. The number of hydrogen-bond acceptors (Lipinski definition) is 6. The molecule has 0 spiro atoms. The molecule has 1 aliphatic rings. The Labute approximate surface area is 183 Å². The predicted octanol–water partition coefficient (Wildman–Crippen LogP) is 5.67. The number of thiophene rings is 1. The summed E-state index contributed by atoms with van der Waals surface area (Å²) in [6.45, 7) is 8.26. The molecule has 1 N–H and O–H groups in total. The number of fused-ring (bicyclic) bond motifs is 2. The topological polar surface area (TPSA) is 71.5 Å². The van der Waals surface area contributed by atoms with E-state index < -0.39 is 5.60 Å². The zero-order chi connectivity index (χ0) is 21.5. The molecular formula is C22H25N3O3S2. The van der Waals surface area contributed by atoms with Crippen molar-refractivity contribution in [2.45, 2.75) is 52.7 Å². The molecule has 0 atom stereocenters. The van der Waals surface area contributed by atoms with Crippen LogP contribution in [-0.4, -0.2) is 34.0 Å². The third-order valence-electron chi connectivity index (χ3n) is 4.73. The molecule has 3 heterocycles. The Balaban J connectivity index is 1.75. The summed E-state index contributed by atoms with van der Waals surface area (Å²) in [6, 6.07) is 8.05. The second kappa shape index (κ2) is 8.00. The van der Waals surface area contributed by atoms with Crippen molar-refractivity contribution in [1.82, 2.24) is 9.88 Å². The van der Waals surface area contributed by atoms with E-state index in [1.54, 1.807) is 16.2 Å². The summed E-state index contributed by atoms with van der Waals surface area (Å²) in [7, 11) is 0. The Kier molecular flexibility index (Phi) is 5.55. The number of hydrogen-bond donors (Lipinski definition) is 1. The van der Waals surface area contributed by atoms with Crippen molar-refractivity contribution in [2.24, 2.45) is 0 Å². The van der Waals surface area contributed by atoms with E-state index in [1.165, 1.54) is 23.8 Å². The molecule has 0 radical (unpaired) electrons. The van der Waals surface area contributed by atoms with Crippen LogP contribution in [0.2, 0.25) is 0 Å². The number of carbonyl (C=O) groups excluding carboxylic acids is 2. The molecule has 1 aliphatic heterocycles. The lowest BCUT2D eigenvalue weighted by Gasteiger charge is -2.26. The minimum atomic E-state index is -0.533. The van der Waals surface area contributed by atoms with Gasteiger partial charge in [0, 0.05) is 23.9 Å². The molecule has 2 aromatic heterocycles. The van der Waals surface area contributed by atoms with E-state index in [9.17, 15) is 9.59 Å². The van der Waals surface area contributed by atoms with Gasteiger partial charge in [-0.1, -0.05) is 12.1 Å². The van der Waals surface area contributed by atoms with Crippen LogP contribution < -0.4 is 5.32 Å². The zero-order valence-electron chi connectivity index (χ0n) is 17.6. The number of thiazole rings is 1. The second-order valence-electron chi connectivity index (χ2n) is 8.38. The molecule has 30 heavy (non-hydrogen) atoms. The van der Waals surface area contributed by atoms with Gasteiger partial charge in [0.05, 0.1) is 16.8 Å². The van der Waals surface area contributed by atoms with Gasteiger partial charge in [-0.05, 0) is 51.3 Å². The fourth-order valence-corrected chi connectivity index (χ4v) is 5.96. The summed E-state index contributed by atoms with van der Waals surface area (Å²) >= 11 is 3.16. The van der Waals surface area contributed by atoms with Gasteiger partial charge in [-0.3, -0.25) is 4.79 Å². The summed E-state index contributed by atoms with van der Waals surface area (Å²) in [5.41, 5.74) is 2.59. The van der Waals surface area contributed by atoms with Crippen molar-refractivity contribution >= 4 is 49.9 Å². The smallest absolute Gasteiger partial charge is 0.410 e. The van der Waals surface area contributed by atoms with Crippen molar-refractivity contribution in [3.8, 4) is 10.6 Å². The van der Waals surface area contributed by atoms with Crippen LogP contribution in [0.1, 0.15) is 44.6 Å². The minimum absolute atomic E-state index is 0.113. The van der Waals surface area contributed by atoms with Crippen LogP contribution in [0.15, 0.2) is 24.3 Å². The highest BCUT2D eigenvalue weighted by Gasteiger charge is 2.29. The van der Waals surface area contributed by atoms with E-state index in [4.69, 9.17) is 9.72 Å². The van der Waals surface area contributed by atoms with E-state index in [-0.39, 0.29) is 12.0 Å². The Hall–Kier alpha value is -2.45. The first-order valence-electron chi connectivity index (χ1n) is 9.97. The van der Waals surface area contributed by atoms with Gasteiger partial charge in [-0.25, -0.2) is 9.78 Å². The first-order valence-corrected chi connectivity index (χ1v) is 11.6. The molecule has 1 aromatic carbocycles. The number of amides is 2. The Bertz CT molecular complexity index is 1080. The number of rotatable bonds is 2. The average Bonchev–Trinajstić information content (AvgIpc) is 3.13. The van der Waals surface area contributed by atoms with Crippen LogP contribution in [0.4, 0.5) is 9.80 Å². The van der Waals surface area contributed by atoms with Gasteiger partial charge < -0.3 is 15.0 Å². The lowest BCUT2D eigenvalue weighted by molar-refractivity contribution is -0.114. The Morgan fingerprint density at radius 2 is 1.97 bits per heavy atom. The average molecular weight is 444 g/mol. The summed E-state index contributed by atoms with van der Waals surface area (Å²) in [6.07, 6.45) is 1.36. The van der Waals surface area contributed by atoms with Crippen LogP contribution in [-0.2, 0) is 22.5 Å². The van der Waals surface area contributed by atoms with E-state index in [1.807, 2.05) is 39.0 Å². The fraction of sp³-hybridized carbons (Fsp3) is 0.409. The highest BCUT2D eigenvalue weighted by Crippen LogP contribution is 2.45. The standard InChI is InChI=1S/C22H25N3O3S2/c1-13(26)23-19-18(20-24-15-9-5-6-10-16(15)29-20)14-8-7-11-25(12-17(14)30-19)21(27)28-22(2,3)4/h5-6,9-10H,7-8,11-12H2,1-4H3,(H,23,26). The summed E-state index contributed by atoms with van der Waals surface area (Å²) in [5.74, 6) is -0.113. The lowest BCUT2D eigenvalue weighted by atomic mass is 10.1. The van der Waals surface area contributed by atoms with Gasteiger partial charge in [0.15, 0.2) is 0 Å². The maximum Gasteiger partial charge on any atom is 0.410 e. The van der Waals surface area contributed by atoms with Crippen LogP contribution in [0.3, 0.4) is 0 Å². The van der Waals surface area contributed by atoms with Crippen molar-refractivity contribution in [3.63, 3.8) is 0 Å². The van der Waals surface area contributed by atoms with Crippen molar-refractivity contribution in [1.29, 1.82) is 0 Å². The van der Waals surface area contributed by atoms with Gasteiger partial charge in [0.1, 0.15) is 15.6 Å². The molecule has 0 aliphatic carbocycles. The molecule has 0 bridgehead atoms. The molecule has 8 heteroatoms. The first-order chi connectivity index (χ1) is 14.2. The molecule has 2 amide bonds. The molecule has 4 rings (SSSR count). The van der Waals surface area contributed by atoms with E-state index in [2.05, 4.69) is 11.4 Å². The van der Waals surface area contributed by atoms with Crippen molar-refractivity contribution in [2.75, 3.05) is 11.9 Å². The largest absolute Gasteiger partial charge is 0.444 e. The van der Waals surface area contributed by atoms with Crippen LogP contribution in [0, 0.1) is 0 Å². The quantitative estimate of drug-likeness (QED) is 0.554. The third kappa shape index (κ3) is 4.34. The van der Waals surface area contributed by atoms with Crippen LogP contribution >= 0.6 is 22.7 Å². The number of nitrogens with one attached hydrogen (secondary N) is 1. The number of para-hydroxylation sites is 1. The number of anilines is 1. The SMILES string of the molecule is CC(=O)Nc1sc2c(c1-c1nc3ccccc3s1)CCCN(C(=O)OC(C)(C)C)C2. The molecular weight excluding hydrogens is 418 g/mol. The van der Waals surface area contributed by atoms with E-state index >= 15 is 0 Å². The first kappa shape index (κ1) is 20.8. The molecule has 0 saturated carbocycles. The number of ether oxygens (including phenoxy) is 1. The predicted molar refractivity (Wildman–Crippen MR) is 122 cm³/mol. The second-order valence-corrected chi connectivity index (χ2v) is 10.5. The molecule has 3 aromatic rings. The van der Waals surface area contributed by atoms with Gasteiger partial charge in [-0.15, -0.1) is 22.7 Å². The van der Waals surface area contributed by atoms with Gasteiger partial charge in [-0.2, -0.15) is 0 Å². The highest BCUT2D eigenvalue weighted by atomic mass is 32.1. The highest BCUT2D eigenvalue weighted by molar-refractivity contribution is 7.22. The number of carbonyl (C=O) groups is 2. The van der Waals surface area contributed by atoms with Crippen molar-refractivity contribution < 1.29 is 14.3 Å². The van der Waals surface area contributed by atoms with Gasteiger partial charge >= 0.3 is 6.09 Å². The molecule has 0 saturated heterocycles. The van der Waals surface area contributed by atoms with Crippen LogP contribution in [0.5, 0.6) is 0 Å². The monoisotopic (exact) mass is 443 g/mol. The van der Waals surface area contributed by atoms with Gasteiger partial charge in [0.25, 0.3) is 0 Å². The zero-order valence-corrected chi connectivity index (χ0v) is 19.2. The maximum atomic E-state index is 12.7.